The van der Waals surface area contributed by atoms with Gasteiger partial charge in [-0.2, -0.15) is 0 Å². The minimum atomic E-state index is -1.08. The van der Waals surface area contributed by atoms with Crippen molar-refractivity contribution in [2.75, 3.05) is 26.4 Å². The molecule has 152 valence electrons. The van der Waals surface area contributed by atoms with Crippen molar-refractivity contribution in [3.05, 3.63) is 32.6 Å². The molecule has 2 aliphatic heterocycles. The van der Waals surface area contributed by atoms with E-state index in [-0.39, 0.29) is 26.1 Å². The van der Waals surface area contributed by atoms with Crippen LogP contribution in [0.1, 0.15) is 31.1 Å². The predicted octanol–water partition coefficient (Wildman–Crippen LogP) is -0.976. The van der Waals surface area contributed by atoms with E-state index in [2.05, 4.69) is 4.98 Å². The topological polar surface area (TPSA) is 132 Å². The van der Waals surface area contributed by atoms with Crippen LogP contribution in [0.15, 0.2) is 15.8 Å². The Morgan fingerprint density at radius 2 is 2.15 bits per heavy atom. The standard InChI is InChI=1S/C17H26N2O8/c1-10-8-19(17(23)18-15(10)22)16-14(25-7-5-20)13(21)11(27-16)9-26-12-4-2-3-6-24-12/h8,11-14,16,20-21H,2-7,9H2,1H3,(H,18,22,23)/t11-,12?,13-,14?,16-/m1/s1. The second-order valence-electron chi connectivity index (χ2n) is 6.72. The zero-order valence-corrected chi connectivity index (χ0v) is 15.2. The van der Waals surface area contributed by atoms with Crippen LogP contribution in [0.4, 0.5) is 0 Å². The monoisotopic (exact) mass is 386 g/mol. The Bertz CT molecular complexity index is 726. The molecule has 27 heavy (non-hydrogen) atoms. The van der Waals surface area contributed by atoms with Crippen LogP contribution in [-0.2, 0) is 18.9 Å². The van der Waals surface area contributed by atoms with Gasteiger partial charge in [-0.25, -0.2) is 4.79 Å². The summed E-state index contributed by atoms with van der Waals surface area (Å²) < 4.78 is 23.7. The molecule has 3 heterocycles. The zero-order chi connectivity index (χ0) is 19.4. The summed E-state index contributed by atoms with van der Waals surface area (Å²) in [5.41, 5.74) is -0.835. The highest BCUT2D eigenvalue weighted by molar-refractivity contribution is 5.03. The molecule has 0 amide bonds. The number of nitrogens with one attached hydrogen (secondary N) is 1. The average molecular weight is 386 g/mol. The second kappa shape index (κ2) is 9.09. The van der Waals surface area contributed by atoms with Crippen molar-refractivity contribution in [2.24, 2.45) is 0 Å². The molecule has 0 saturated carbocycles. The normalized spacial score (nSPS) is 31.3. The largest absolute Gasteiger partial charge is 0.394 e. The van der Waals surface area contributed by atoms with Gasteiger partial charge in [0, 0.05) is 18.4 Å². The molecule has 3 N–H and O–H groups in total. The lowest BCUT2D eigenvalue weighted by Gasteiger charge is -2.25. The van der Waals surface area contributed by atoms with Gasteiger partial charge in [-0.15, -0.1) is 0 Å². The Hall–Kier alpha value is -1.56. The summed E-state index contributed by atoms with van der Waals surface area (Å²) in [7, 11) is 0. The molecule has 10 heteroatoms. The molecule has 5 atom stereocenters. The van der Waals surface area contributed by atoms with Crippen molar-refractivity contribution in [1.29, 1.82) is 0 Å². The summed E-state index contributed by atoms with van der Waals surface area (Å²) in [6.07, 6.45) is 0.107. The summed E-state index contributed by atoms with van der Waals surface area (Å²) in [4.78, 5) is 26.0. The molecule has 0 radical (unpaired) electrons. The van der Waals surface area contributed by atoms with E-state index in [0.29, 0.717) is 12.2 Å². The van der Waals surface area contributed by atoms with Gasteiger partial charge in [-0.3, -0.25) is 14.3 Å². The number of H-pyrrole nitrogens is 1. The Morgan fingerprint density at radius 3 is 2.85 bits per heavy atom. The van der Waals surface area contributed by atoms with Crippen molar-refractivity contribution in [2.45, 2.75) is 57.0 Å². The number of aromatic amines is 1. The highest BCUT2D eigenvalue weighted by atomic mass is 16.7. The molecule has 2 aliphatic rings. The quantitative estimate of drug-likeness (QED) is 0.545. The van der Waals surface area contributed by atoms with E-state index >= 15 is 0 Å². The third-order valence-corrected chi connectivity index (χ3v) is 4.72. The van der Waals surface area contributed by atoms with E-state index in [0.717, 1.165) is 19.3 Å². The number of hydrogen-bond donors (Lipinski definition) is 3. The van der Waals surface area contributed by atoms with Crippen molar-refractivity contribution in [1.82, 2.24) is 9.55 Å². The van der Waals surface area contributed by atoms with E-state index in [1.54, 1.807) is 6.92 Å². The van der Waals surface area contributed by atoms with Crippen LogP contribution in [0, 0.1) is 6.92 Å². The van der Waals surface area contributed by atoms with Gasteiger partial charge in [0.05, 0.1) is 19.8 Å². The third kappa shape index (κ3) is 4.65. The van der Waals surface area contributed by atoms with Gasteiger partial charge in [-0.05, 0) is 26.2 Å². The summed E-state index contributed by atoms with van der Waals surface area (Å²) in [5.74, 6) is 0. The van der Waals surface area contributed by atoms with Crippen molar-refractivity contribution >= 4 is 0 Å². The summed E-state index contributed by atoms with van der Waals surface area (Å²) in [5, 5.41) is 19.7. The maximum Gasteiger partial charge on any atom is 0.330 e. The van der Waals surface area contributed by atoms with Crippen LogP contribution in [0.5, 0.6) is 0 Å². The van der Waals surface area contributed by atoms with Gasteiger partial charge < -0.3 is 29.2 Å². The molecular formula is C17H26N2O8. The Balaban J connectivity index is 1.76. The smallest absolute Gasteiger partial charge is 0.330 e. The number of aliphatic hydroxyl groups is 2. The number of aryl methyl sites for hydroxylation is 1. The first-order valence-corrected chi connectivity index (χ1v) is 9.12. The third-order valence-electron chi connectivity index (χ3n) is 4.72. The number of aromatic nitrogens is 2. The zero-order valence-electron chi connectivity index (χ0n) is 15.2. The molecule has 0 spiro atoms. The maximum absolute atomic E-state index is 12.2. The first-order chi connectivity index (χ1) is 13.0. The van der Waals surface area contributed by atoms with Crippen molar-refractivity contribution in [3.63, 3.8) is 0 Å². The highest BCUT2D eigenvalue weighted by Crippen LogP contribution is 2.31. The van der Waals surface area contributed by atoms with Crippen molar-refractivity contribution in [3.8, 4) is 0 Å². The van der Waals surface area contributed by atoms with Gasteiger partial charge in [0.2, 0.25) is 0 Å². The first-order valence-electron chi connectivity index (χ1n) is 9.12. The Morgan fingerprint density at radius 1 is 1.33 bits per heavy atom. The summed E-state index contributed by atoms with van der Waals surface area (Å²) >= 11 is 0. The fourth-order valence-electron chi connectivity index (χ4n) is 3.27. The lowest BCUT2D eigenvalue weighted by Crippen LogP contribution is -2.40. The number of aliphatic hydroxyl groups excluding tert-OH is 2. The molecule has 1 aromatic heterocycles. The average Bonchev–Trinajstić information content (AvgIpc) is 2.97. The molecule has 2 fully saturated rings. The molecule has 2 saturated heterocycles. The van der Waals surface area contributed by atoms with Gasteiger partial charge >= 0.3 is 5.69 Å². The van der Waals surface area contributed by atoms with E-state index < -0.39 is 35.8 Å². The molecular weight excluding hydrogens is 360 g/mol. The number of ether oxygens (including phenoxy) is 4. The Kier molecular flexibility index (Phi) is 6.79. The van der Waals surface area contributed by atoms with Crippen LogP contribution in [0.2, 0.25) is 0 Å². The number of rotatable bonds is 7. The molecule has 10 nitrogen and oxygen atoms in total. The second-order valence-corrected chi connectivity index (χ2v) is 6.72. The van der Waals surface area contributed by atoms with Crippen LogP contribution >= 0.6 is 0 Å². The lowest BCUT2D eigenvalue weighted by molar-refractivity contribution is -0.185. The Labute approximate surface area is 155 Å². The van der Waals surface area contributed by atoms with Gasteiger partial charge in [-0.1, -0.05) is 0 Å². The van der Waals surface area contributed by atoms with Crippen LogP contribution in [0.3, 0.4) is 0 Å². The maximum atomic E-state index is 12.2. The summed E-state index contributed by atoms with van der Waals surface area (Å²) in [6.45, 7) is 1.99. The molecule has 2 unspecified atom stereocenters. The predicted molar refractivity (Wildman–Crippen MR) is 92.3 cm³/mol. The minimum Gasteiger partial charge on any atom is -0.394 e. The summed E-state index contributed by atoms with van der Waals surface area (Å²) in [6, 6.07) is 0. The number of hydrogen-bond acceptors (Lipinski definition) is 8. The fraction of sp³-hybridized carbons (Fsp3) is 0.765. The van der Waals surface area contributed by atoms with E-state index in [4.69, 9.17) is 24.1 Å². The molecule has 0 bridgehead atoms. The van der Waals surface area contributed by atoms with E-state index in [9.17, 15) is 14.7 Å². The van der Waals surface area contributed by atoms with Crippen LogP contribution in [0.25, 0.3) is 0 Å². The minimum absolute atomic E-state index is 0.0298. The fourth-order valence-corrected chi connectivity index (χ4v) is 3.27. The number of nitrogens with zero attached hydrogens (tertiary/aromatic N) is 1. The first kappa shape index (κ1) is 20.2. The molecule has 1 aromatic rings. The SMILES string of the molecule is Cc1cn([C@@H]2O[C@H](COC3CCCCO3)[C@@H](O)C2OCCO)c(=O)[nH]c1=O. The van der Waals surface area contributed by atoms with Gasteiger partial charge in [0.15, 0.2) is 12.5 Å². The van der Waals surface area contributed by atoms with Gasteiger partial charge in [0.25, 0.3) is 5.56 Å². The lowest BCUT2D eigenvalue weighted by atomic mass is 10.1. The highest BCUT2D eigenvalue weighted by Gasteiger charge is 2.46. The molecule has 3 rings (SSSR count). The molecule has 0 aromatic carbocycles. The van der Waals surface area contributed by atoms with E-state index in [1.807, 2.05) is 0 Å². The van der Waals surface area contributed by atoms with Crippen LogP contribution in [-0.4, -0.2) is 70.8 Å². The van der Waals surface area contributed by atoms with Gasteiger partial charge in [0.1, 0.15) is 18.3 Å². The van der Waals surface area contributed by atoms with E-state index in [1.165, 1.54) is 10.8 Å². The molecule has 0 aliphatic carbocycles. The van der Waals surface area contributed by atoms with Crippen molar-refractivity contribution < 1.29 is 29.2 Å². The van der Waals surface area contributed by atoms with Crippen LogP contribution < -0.4 is 11.2 Å².